The molecular weight excluding hydrogens is 147 g/mol. The maximum atomic E-state index is 10.8. The lowest BCUT2D eigenvalue weighted by atomic mass is 10.5. The third kappa shape index (κ3) is 5.67. The van der Waals surface area contributed by atoms with Crippen molar-refractivity contribution < 1.29 is 9.09 Å². The molecule has 0 rings (SSSR count). The van der Waals surface area contributed by atoms with Crippen molar-refractivity contribution in [3.63, 3.8) is 0 Å². The standard InChI is InChI=1S/C7H12O2P/c1-3-5-7-10(8)9-6-4-2/h4-5,7H,2-3,6H2,1H3/q+1. The molecule has 0 aliphatic rings. The summed E-state index contributed by atoms with van der Waals surface area (Å²) >= 11 is 0. The first kappa shape index (κ1) is 9.54. The number of rotatable bonds is 5. The molecule has 0 spiro atoms. The van der Waals surface area contributed by atoms with E-state index in [0.717, 1.165) is 6.42 Å². The molecule has 0 saturated carbocycles. The van der Waals surface area contributed by atoms with E-state index in [4.69, 9.17) is 4.52 Å². The van der Waals surface area contributed by atoms with Crippen molar-refractivity contribution in [2.75, 3.05) is 6.61 Å². The van der Waals surface area contributed by atoms with Crippen molar-refractivity contribution in [3.05, 3.63) is 24.5 Å². The molecule has 3 heteroatoms. The van der Waals surface area contributed by atoms with Gasteiger partial charge in [-0.05, 0) is 17.1 Å². The van der Waals surface area contributed by atoms with E-state index in [0.29, 0.717) is 6.61 Å². The largest absolute Gasteiger partial charge is 0.540 e. The van der Waals surface area contributed by atoms with Crippen LogP contribution in [0.4, 0.5) is 0 Å². The van der Waals surface area contributed by atoms with Gasteiger partial charge in [-0.2, -0.15) is 0 Å². The molecule has 0 bridgehead atoms. The number of allylic oxidation sites excluding steroid dienone is 1. The molecule has 0 amide bonds. The summed E-state index contributed by atoms with van der Waals surface area (Å²) in [5.41, 5.74) is 0. The summed E-state index contributed by atoms with van der Waals surface area (Å²) in [6, 6.07) is 0. The Labute approximate surface area is 62.5 Å². The molecule has 10 heavy (non-hydrogen) atoms. The summed E-state index contributed by atoms with van der Waals surface area (Å²) in [6.45, 7) is 5.77. The minimum atomic E-state index is -1.59. The first-order valence-corrected chi connectivity index (χ1v) is 4.42. The predicted molar refractivity (Wildman–Crippen MR) is 43.2 cm³/mol. The van der Waals surface area contributed by atoms with Gasteiger partial charge in [-0.25, -0.2) is 0 Å². The van der Waals surface area contributed by atoms with Gasteiger partial charge in [0.25, 0.3) is 0 Å². The van der Waals surface area contributed by atoms with Gasteiger partial charge in [0.05, 0.1) is 0 Å². The van der Waals surface area contributed by atoms with Crippen LogP contribution in [0.15, 0.2) is 24.5 Å². The van der Waals surface area contributed by atoms with Crippen LogP contribution in [-0.2, 0) is 9.09 Å². The Balaban J connectivity index is 3.43. The van der Waals surface area contributed by atoms with Gasteiger partial charge in [-0.3, -0.25) is 0 Å². The highest BCUT2D eigenvalue weighted by molar-refractivity contribution is 7.42. The third-order valence-electron chi connectivity index (χ3n) is 0.782. The van der Waals surface area contributed by atoms with Crippen LogP contribution in [0.1, 0.15) is 13.3 Å². The van der Waals surface area contributed by atoms with Gasteiger partial charge in [0.2, 0.25) is 0 Å². The van der Waals surface area contributed by atoms with E-state index in [-0.39, 0.29) is 0 Å². The second-order valence-electron chi connectivity index (χ2n) is 1.66. The number of hydrogen-bond donors (Lipinski definition) is 0. The molecule has 0 aromatic heterocycles. The Kier molecular flexibility index (Phi) is 6.35. The summed E-state index contributed by atoms with van der Waals surface area (Å²) in [5, 5.41) is 0. The highest BCUT2D eigenvalue weighted by atomic mass is 31.1. The lowest BCUT2D eigenvalue weighted by Crippen LogP contribution is -1.75. The first-order chi connectivity index (χ1) is 4.81. The predicted octanol–water partition coefficient (Wildman–Crippen LogP) is 2.86. The van der Waals surface area contributed by atoms with Crippen LogP contribution in [-0.4, -0.2) is 6.61 Å². The van der Waals surface area contributed by atoms with Crippen LogP contribution in [0.2, 0.25) is 0 Å². The van der Waals surface area contributed by atoms with E-state index in [1.807, 2.05) is 13.0 Å². The number of hydrogen-bond acceptors (Lipinski definition) is 2. The minimum absolute atomic E-state index is 0.350. The highest BCUT2D eigenvalue weighted by Crippen LogP contribution is 2.23. The Morgan fingerprint density at radius 1 is 1.70 bits per heavy atom. The second kappa shape index (κ2) is 6.66. The highest BCUT2D eigenvalue weighted by Gasteiger charge is 2.08. The lowest BCUT2D eigenvalue weighted by molar-refractivity contribution is 0.378. The smallest absolute Gasteiger partial charge is 0.138 e. The molecule has 0 N–H and O–H groups in total. The van der Waals surface area contributed by atoms with Crippen molar-refractivity contribution in [1.29, 1.82) is 0 Å². The molecule has 1 atom stereocenters. The Morgan fingerprint density at radius 2 is 2.40 bits per heavy atom. The quantitative estimate of drug-likeness (QED) is 0.455. The molecule has 56 valence electrons. The van der Waals surface area contributed by atoms with Crippen molar-refractivity contribution in [1.82, 2.24) is 0 Å². The lowest BCUT2D eigenvalue weighted by Gasteiger charge is -1.76. The van der Waals surface area contributed by atoms with Crippen molar-refractivity contribution in [2.45, 2.75) is 13.3 Å². The second-order valence-corrected chi connectivity index (χ2v) is 2.79. The summed E-state index contributed by atoms with van der Waals surface area (Å²) in [6.07, 6.45) is 4.29. The normalized spacial score (nSPS) is 11.9. The molecule has 0 aromatic rings. The van der Waals surface area contributed by atoms with E-state index in [9.17, 15) is 4.57 Å². The van der Waals surface area contributed by atoms with Crippen LogP contribution in [0.3, 0.4) is 0 Å². The fourth-order valence-electron chi connectivity index (χ4n) is 0.361. The summed E-state index contributed by atoms with van der Waals surface area (Å²) < 4.78 is 15.5. The average Bonchev–Trinajstić information content (AvgIpc) is 1.97. The minimum Gasteiger partial charge on any atom is -0.138 e. The van der Waals surface area contributed by atoms with Crippen molar-refractivity contribution in [2.24, 2.45) is 0 Å². The van der Waals surface area contributed by atoms with E-state index >= 15 is 0 Å². The maximum absolute atomic E-state index is 10.8. The molecule has 0 radical (unpaired) electrons. The van der Waals surface area contributed by atoms with E-state index in [2.05, 4.69) is 6.58 Å². The molecule has 0 heterocycles. The van der Waals surface area contributed by atoms with Crippen molar-refractivity contribution >= 4 is 8.03 Å². The van der Waals surface area contributed by atoms with Gasteiger partial charge < -0.3 is 0 Å². The topological polar surface area (TPSA) is 26.3 Å². The van der Waals surface area contributed by atoms with Crippen LogP contribution in [0.25, 0.3) is 0 Å². The van der Waals surface area contributed by atoms with E-state index in [1.54, 1.807) is 11.9 Å². The monoisotopic (exact) mass is 159 g/mol. The van der Waals surface area contributed by atoms with Gasteiger partial charge in [0.15, 0.2) is 5.82 Å². The Morgan fingerprint density at radius 3 is 2.90 bits per heavy atom. The van der Waals surface area contributed by atoms with Gasteiger partial charge in [-0.1, -0.05) is 13.0 Å². The SMILES string of the molecule is C=CCO[P+](=O)C=CCC. The summed E-state index contributed by atoms with van der Waals surface area (Å²) in [4.78, 5) is 0. The molecule has 0 aliphatic heterocycles. The van der Waals surface area contributed by atoms with Gasteiger partial charge in [-0.15, -0.1) is 11.1 Å². The summed E-state index contributed by atoms with van der Waals surface area (Å²) in [7, 11) is -1.59. The van der Waals surface area contributed by atoms with Gasteiger partial charge in [0.1, 0.15) is 6.61 Å². The van der Waals surface area contributed by atoms with E-state index < -0.39 is 8.03 Å². The summed E-state index contributed by atoms with van der Waals surface area (Å²) in [5.74, 6) is 1.57. The van der Waals surface area contributed by atoms with Crippen LogP contribution in [0, 0.1) is 0 Å². The van der Waals surface area contributed by atoms with Crippen molar-refractivity contribution in [3.8, 4) is 0 Å². The molecule has 2 nitrogen and oxygen atoms in total. The Bertz CT molecular complexity index is 141. The van der Waals surface area contributed by atoms with Crippen LogP contribution >= 0.6 is 8.03 Å². The molecule has 0 saturated heterocycles. The zero-order valence-corrected chi connectivity index (χ0v) is 7.01. The molecule has 0 aromatic carbocycles. The first-order valence-electron chi connectivity index (χ1n) is 3.18. The molecule has 0 aliphatic carbocycles. The average molecular weight is 159 g/mol. The van der Waals surface area contributed by atoms with Crippen LogP contribution < -0.4 is 0 Å². The van der Waals surface area contributed by atoms with Gasteiger partial charge >= 0.3 is 8.03 Å². The fourth-order valence-corrected chi connectivity index (χ4v) is 1.08. The fraction of sp³-hybridized carbons (Fsp3) is 0.429. The molecular formula is C7H12O2P+. The Hall–Kier alpha value is -0.460. The zero-order chi connectivity index (χ0) is 7.82. The van der Waals surface area contributed by atoms with Crippen LogP contribution in [0.5, 0.6) is 0 Å². The third-order valence-corrected chi connectivity index (χ3v) is 1.64. The molecule has 0 fully saturated rings. The van der Waals surface area contributed by atoms with E-state index in [1.165, 1.54) is 0 Å². The zero-order valence-electron chi connectivity index (χ0n) is 6.12. The maximum Gasteiger partial charge on any atom is 0.540 e. The molecule has 1 unspecified atom stereocenters. The van der Waals surface area contributed by atoms with Gasteiger partial charge in [0, 0.05) is 0 Å².